The van der Waals surface area contributed by atoms with Crippen molar-refractivity contribution in [3.63, 3.8) is 0 Å². The molecule has 0 saturated heterocycles. The van der Waals surface area contributed by atoms with Crippen molar-refractivity contribution in [3.05, 3.63) is 35.5 Å². The third-order valence-electron chi connectivity index (χ3n) is 2.15. The Morgan fingerprint density at radius 1 is 1.38 bits per heavy atom. The van der Waals surface area contributed by atoms with Gasteiger partial charge < -0.3 is 10.1 Å². The average Bonchev–Trinajstić information content (AvgIpc) is 2.50. The number of nitrogens with one attached hydrogen (secondary N) is 1. The second-order valence-electron chi connectivity index (χ2n) is 3.00. The zero-order valence-corrected chi connectivity index (χ0v) is 7.16. The Labute approximate surface area is 75.0 Å². The van der Waals surface area contributed by atoms with Crippen molar-refractivity contribution in [2.75, 3.05) is 0 Å². The lowest BCUT2D eigenvalue weighted by Crippen LogP contribution is -2.00. The van der Waals surface area contributed by atoms with Gasteiger partial charge >= 0.3 is 5.97 Å². The number of hydrogen-bond donors (Lipinski definition) is 2. The molecule has 0 saturated carbocycles. The summed E-state index contributed by atoms with van der Waals surface area (Å²) in [6, 6.07) is 5.59. The van der Waals surface area contributed by atoms with Crippen LogP contribution in [0.15, 0.2) is 24.4 Å². The lowest BCUT2D eigenvalue weighted by molar-refractivity contribution is 0.0698. The van der Waals surface area contributed by atoms with Crippen LogP contribution in [0.5, 0.6) is 0 Å². The summed E-state index contributed by atoms with van der Waals surface area (Å²) >= 11 is 0. The van der Waals surface area contributed by atoms with E-state index in [2.05, 4.69) is 4.98 Å². The first-order chi connectivity index (χ1) is 6.20. The Hall–Kier alpha value is -1.77. The lowest BCUT2D eigenvalue weighted by atomic mass is 10.1. The highest BCUT2D eigenvalue weighted by molar-refractivity contribution is 6.03. The number of carboxylic acid groups (broad SMARTS) is 1. The molecule has 0 bridgehead atoms. The van der Waals surface area contributed by atoms with Crippen molar-refractivity contribution in [3.8, 4) is 0 Å². The molecule has 2 aromatic rings. The molecule has 1 aromatic carbocycles. The van der Waals surface area contributed by atoms with E-state index >= 15 is 0 Å². The standard InChI is InChI=1S/C10H9NO2/c1-6-2-3-7-4-5-11-9(7)8(6)10(12)13/h2-5,11H,1H3,(H,12,13). The molecule has 0 spiro atoms. The number of benzene rings is 1. The van der Waals surface area contributed by atoms with Crippen molar-refractivity contribution in [1.29, 1.82) is 0 Å². The summed E-state index contributed by atoms with van der Waals surface area (Å²) in [7, 11) is 0. The molecule has 2 rings (SSSR count). The van der Waals surface area contributed by atoms with Crippen LogP contribution in [0, 0.1) is 6.92 Å². The molecule has 0 amide bonds. The molecule has 1 heterocycles. The number of aryl methyl sites for hydroxylation is 1. The van der Waals surface area contributed by atoms with E-state index in [0.29, 0.717) is 11.1 Å². The number of aromatic amines is 1. The van der Waals surface area contributed by atoms with Gasteiger partial charge in [-0.3, -0.25) is 0 Å². The monoisotopic (exact) mass is 175 g/mol. The average molecular weight is 175 g/mol. The van der Waals surface area contributed by atoms with Crippen LogP contribution in [-0.2, 0) is 0 Å². The second-order valence-corrected chi connectivity index (χ2v) is 3.00. The van der Waals surface area contributed by atoms with Gasteiger partial charge in [0.2, 0.25) is 0 Å². The Morgan fingerprint density at radius 3 is 2.85 bits per heavy atom. The van der Waals surface area contributed by atoms with Gasteiger partial charge in [-0.2, -0.15) is 0 Å². The van der Waals surface area contributed by atoms with Gasteiger partial charge in [0.15, 0.2) is 0 Å². The lowest BCUT2D eigenvalue weighted by Gasteiger charge is -2.01. The van der Waals surface area contributed by atoms with Crippen LogP contribution >= 0.6 is 0 Å². The van der Waals surface area contributed by atoms with Crippen molar-refractivity contribution in [2.45, 2.75) is 6.92 Å². The summed E-state index contributed by atoms with van der Waals surface area (Å²) in [6.07, 6.45) is 1.75. The molecule has 66 valence electrons. The van der Waals surface area contributed by atoms with Crippen LogP contribution in [0.2, 0.25) is 0 Å². The number of aromatic nitrogens is 1. The fraction of sp³-hybridized carbons (Fsp3) is 0.100. The molecule has 0 aliphatic carbocycles. The maximum atomic E-state index is 10.9. The van der Waals surface area contributed by atoms with Crippen molar-refractivity contribution >= 4 is 16.9 Å². The highest BCUT2D eigenvalue weighted by atomic mass is 16.4. The van der Waals surface area contributed by atoms with Crippen LogP contribution in [-0.4, -0.2) is 16.1 Å². The van der Waals surface area contributed by atoms with Gasteiger partial charge in [0.1, 0.15) is 0 Å². The molecule has 13 heavy (non-hydrogen) atoms. The van der Waals surface area contributed by atoms with Gasteiger partial charge in [0.05, 0.1) is 11.1 Å². The number of carbonyl (C=O) groups is 1. The van der Waals surface area contributed by atoms with E-state index in [0.717, 1.165) is 10.9 Å². The first kappa shape index (κ1) is 7.86. The Morgan fingerprint density at radius 2 is 2.15 bits per heavy atom. The van der Waals surface area contributed by atoms with Gasteiger partial charge in [-0.25, -0.2) is 4.79 Å². The van der Waals surface area contributed by atoms with Gasteiger partial charge in [-0.15, -0.1) is 0 Å². The van der Waals surface area contributed by atoms with E-state index in [1.165, 1.54) is 0 Å². The molecular formula is C10H9NO2. The number of carboxylic acids is 1. The second kappa shape index (κ2) is 2.62. The number of aromatic carboxylic acids is 1. The first-order valence-corrected chi connectivity index (χ1v) is 4.00. The maximum Gasteiger partial charge on any atom is 0.338 e. The molecule has 0 radical (unpaired) electrons. The summed E-state index contributed by atoms with van der Waals surface area (Å²) in [6.45, 7) is 1.80. The zero-order chi connectivity index (χ0) is 9.42. The largest absolute Gasteiger partial charge is 0.478 e. The van der Waals surface area contributed by atoms with Crippen molar-refractivity contribution < 1.29 is 9.90 Å². The van der Waals surface area contributed by atoms with Gasteiger partial charge in [0.25, 0.3) is 0 Å². The molecule has 0 fully saturated rings. The Balaban J connectivity index is 2.88. The molecular weight excluding hydrogens is 166 g/mol. The van der Waals surface area contributed by atoms with E-state index in [1.807, 2.05) is 18.2 Å². The number of rotatable bonds is 1. The van der Waals surface area contributed by atoms with E-state index < -0.39 is 5.97 Å². The summed E-state index contributed by atoms with van der Waals surface area (Å²) in [5.41, 5.74) is 1.84. The van der Waals surface area contributed by atoms with Crippen LogP contribution in [0.3, 0.4) is 0 Å². The summed E-state index contributed by atoms with van der Waals surface area (Å²) in [5, 5.41) is 9.90. The number of fused-ring (bicyclic) bond motifs is 1. The highest BCUT2D eigenvalue weighted by Gasteiger charge is 2.11. The predicted octanol–water partition coefficient (Wildman–Crippen LogP) is 2.17. The fourth-order valence-corrected chi connectivity index (χ4v) is 1.51. The first-order valence-electron chi connectivity index (χ1n) is 4.00. The molecule has 0 aliphatic heterocycles. The summed E-state index contributed by atoms with van der Waals surface area (Å²) < 4.78 is 0. The quantitative estimate of drug-likeness (QED) is 0.697. The smallest absolute Gasteiger partial charge is 0.338 e. The molecule has 2 N–H and O–H groups in total. The van der Waals surface area contributed by atoms with Gasteiger partial charge in [-0.05, 0) is 18.6 Å². The Bertz CT molecular complexity index is 471. The minimum atomic E-state index is -0.884. The maximum absolute atomic E-state index is 10.9. The van der Waals surface area contributed by atoms with Crippen LogP contribution in [0.4, 0.5) is 0 Å². The van der Waals surface area contributed by atoms with Crippen molar-refractivity contribution in [2.24, 2.45) is 0 Å². The number of H-pyrrole nitrogens is 1. The van der Waals surface area contributed by atoms with E-state index in [-0.39, 0.29) is 0 Å². The topological polar surface area (TPSA) is 53.1 Å². The molecule has 1 aromatic heterocycles. The van der Waals surface area contributed by atoms with E-state index in [4.69, 9.17) is 5.11 Å². The van der Waals surface area contributed by atoms with Gasteiger partial charge in [-0.1, -0.05) is 12.1 Å². The fourth-order valence-electron chi connectivity index (χ4n) is 1.51. The number of hydrogen-bond acceptors (Lipinski definition) is 1. The predicted molar refractivity (Wildman–Crippen MR) is 50.0 cm³/mol. The molecule has 3 nitrogen and oxygen atoms in total. The molecule has 0 atom stereocenters. The zero-order valence-electron chi connectivity index (χ0n) is 7.16. The SMILES string of the molecule is Cc1ccc2cc[nH]c2c1C(=O)O. The van der Waals surface area contributed by atoms with E-state index in [9.17, 15) is 4.79 Å². The summed E-state index contributed by atoms with van der Waals surface area (Å²) in [5.74, 6) is -0.884. The summed E-state index contributed by atoms with van der Waals surface area (Å²) in [4.78, 5) is 13.8. The van der Waals surface area contributed by atoms with E-state index in [1.54, 1.807) is 13.1 Å². The third kappa shape index (κ3) is 1.09. The third-order valence-corrected chi connectivity index (χ3v) is 2.15. The minimum Gasteiger partial charge on any atom is -0.478 e. The van der Waals surface area contributed by atoms with Crippen LogP contribution < -0.4 is 0 Å². The van der Waals surface area contributed by atoms with Crippen LogP contribution in [0.25, 0.3) is 10.9 Å². The molecule has 0 aliphatic rings. The molecule has 0 unspecified atom stereocenters. The highest BCUT2D eigenvalue weighted by Crippen LogP contribution is 2.20. The van der Waals surface area contributed by atoms with Crippen molar-refractivity contribution in [1.82, 2.24) is 4.98 Å². The molecule has 3 heteroatoms. The van der Waals surface area contributed by atoms with Gasteiger partial charge in [0, 0.05) is 11.6 Å². The van der Waals surface area contributed by atoms with Crippen LogP contribution in [0.1, 0.15) is 15.9 Å². The Kier molecular flexibility index (Phi) is 1.59. The normalized spacial score (nSPS) is 10.5. The minimum absolute atomic E-state index is 0.363.